The Hall–Kier alpha value is -0.610. The quantitative estimate of drug-likeness (QED) is 0.711. The van der Waals surface area contributed by atoms with E-state index >= 15 is 0 Å². The summed E-state index contributed by atoms with van der Waals surface area (Å²) in [6.07, 6.45) is 3.97. The normalized spacial score (nSPS) is 23.5. The number of nitrogens with zero attached hydrogens (tertiary/aromatic N) is 1. The van der Waals surface area contributed by atoms with Gasteiger partial charge in [-0.2, -0.15) is 0 Å². The smallest absolute Gasteiger partial charge is 0.304 e. The number of carboxylic acids is 1. The van der Waals surface area contributed by atoms with Gasteiger partial charge in [0.25, 0.3) is 0 Å². The summed E-state index contributed by atoms with van der Waals surface area (Å²) in [6, 6.07) is 0.425. The molecule has 4 heteroatoms. The summed E-state index contributed by atoms with van der Waals surface area (Å²) >= 11 is 0. The fourth-order valence-electron chi connectivity index (χ4n) is 2.59. The van der Waals surface area contributed by atoms with E-state index in [-0.39, 0.29) is 6.42 Å². The van der Waals surface area contributed by atoms with E-state index in [1.807, 2.05) is 0 Å². The summed E-state index contributed by atoms with van der Waals surface area (Å²) in [4.78, 5) is 13.0. The molecular formula is C13H26N2O2. The first-order valence-corrected chi connectivity index (χ1v) is 6.81. The lowest BCUT2D eigenvalue weighted by molar-refractivity contribution is -0.136. The van der Waals surface area contributed by atoms with Crippen molar-refractivity contribution in [3.05, 3.63) is 0 Å². The average molecular weight is 242 g/mol. The van der Waals surface area contributed by atoms with Crippen molar-refractivity contribution in [3.63, 3.8) is 0 Å². The van der Waals surface area contributed by atoms with Gasteiger partial charge in [-0.15, -0.1) is 0 Å². The Labute approximate surface area is 104 Å². The maximum absolute atomic E-state index is 10.4. The van der Waals surface area contributed by atoms with Gasteiger partial charge < -0.3 is 15.3 Å². The van der Waals surface area contributed by atoms with Crippen LogP contribution in [0.1, 0.15) is 39.5 Å². The van der Waals surface area contributed by atoms with E-state index in [0.29, 0.717) is 18.5 Å². The second kappa shape index (κ2) is 7.67. The molecule has 4 nitrogen and oxygen atoms in total. The summed E-state index contributed by atoms with van der Waals surface area (Å²) < 4.78 is 0. The summed E-state index contributed by atoms with van der Waals surface area (Å²) in [6.45, 7) is 8.57. The Bertz CT molecular complexity index is 231. The lowest BCUT2D eigenvalue weighted by Gasteiger charge is -2.36. The lowest BCUT2D eigenvalue weighted by atomic mass is 9.91. The number of carbonyl (C=O) groups is 1. The molecule has 0 bridgehead atoms. The van der Waals surface area contributed by atoms with Crippen molar-refractivity contribution in [1.82, 2.24) is 10.2 Å². The van der Waals surface area contributed by atoms with Gasteiger partial charge in [0.2, 0.25) is 0 Å². The third kappa shape index (κ3) is 5.50. The zero-order chi connectivity index (χ0) is 12.7. The van der Waals surface area contributed by atoms with Crippen LogP contribution in [0.4, 0.5) is 0 Å². The molecule has 100 valence electrons. The molecular weight excluding hydrogens is 216 g/mol. The van der Waals surface area contributed by atoms with Crippen molar-refractivity contribution >= 4 is 5.97 Å². The number of likely N-dealkylation sites (tertiary alicyclic amines) is 1. The van der Waals surface area contributed by atoms with Crippen molar-refractivity contribution in [3.8, 4) is 0 Å². The zero-order valence-electron chi connectivity index (χ0n) is 11.1. The number of piperidine rings is 1. The number of nitrogens with one attached hydrogen (secondary N) is 1. The molecule has 2 atom stereocenters. The Balaban J connectivity index is 2.25. The van der Waals surface area contributed by atoms with Crippen LogP contribution in [-0.4, -0.2) is 48.2 Å². The Morgan fingerprint density at radius 1 is 1.59 bits per heavy atom. The zero-order valence-corrected chi connectivity index (χ0v) is 11.1. The van der Waals surface area contributed by atoms with Gasteiger partial charge in [0.15, 0.2) is 0 Å². The summed E-state index contributed by atoms with van der Waals surface area (Å²) in [5, 5.41) is 11.9. The van der Waals surface area contributed by atoms with Gasteiger partial charge in [-0.25, -0.2) is 0 Å². The fourth-order valence-corrected chi connectivity index (χ4v) is 2.59. The third-order valence-corrected chi connectivity index (χ3v) is 3.59. The van der Waals surface area contributed by atoms with Gasteiger partial charge >= 0.3 is 5.97 Å². The van der Waals surface area contributed by atoms with Crippen LogP contribution in [0.25, 0.3) is 0 Å². The highest BCUT2D eigenvalue weighted by molar-refractivity contribution is 5.66. The minimum absolute atomic E-state index is 0.218. The number of hydrogen-bond acceptors (Lipinski definition) is 3. The van der Waals surface area contributed by atoms with Crippen LogP contribution in [0.3, 0.4) is 0 Å². The summed E-state index contributed by atoms with van der Waals surface area (Å²) in [7, 11) is 0. The van der Waals surface area contributed by atoms with Gasteiger partial charge in [0.05, 0.1) is 6.42 Å². The van der Waals surface area contributed by atoms with Crippen LogP contribution < -0.4 is 5.32 Å². The molecule has 0 aliphatic carbocycles. The third-order valence-electron chi connectivity index (χ3n) is 3.59. The van der Waals surface area contributed by atoms with Gasteiger partial charge in [-0.1, -0.05) is 6.92 Å². The van der Waals surface area contributed by atoms with Crippen molar-refractivity contribution in [2.45, 2.75) is 45.6 Å². The average Bonchev–Trinajstić information content (AvgIpc) is 2.29. The lowest BCUT2D eigenvalue weighted by Crippen LogP contribution is -2.45. The minimum Gasteiger partial charge on any atom is -0.481 e. The fraction of sp³-hybridized carbons (Fsp3) is 0.923. The van der Waals surface area contributed by atoms with Crippen LogP contribution in [-0.2, 0) is 4.79 Å². The van der Waals surface area contributed by atoms with Crippen LogP contribution in [0.2, 0.25) is 0 Å². The molecule has 2 N–H and O–H groups in total. The molecule has 0 amide bonds. The molecule has 0 radical (unpaired) electrons. The number of hydrogen-bond donors (Lipinski definition) is 2. The summed E-state index contributed by atoms with van der Waals surface area (Å²) in [5.74, 6) is -0.0509. The second-order valence-corrected chi connectivity index (χ2v) is 5.09. The van der Waals surface area contributed by atoms with E-state index in [1.54, 1.807) is 0 Å². The van der Waals surface area contributed by atoms with Crippen molar-refractivity contribution in [2.24, 2.45) is 5.92 Å². The predicted octanol–water partition coefficient (Wildman–Crippen LogP) is 1.56. The predicted molar refractivity (Wildman–Crippen MR) is 69.2 cm³/mol. The van der Waals surface area contributed by atoms with E-state index in [2.05, 4.69) is 24.1 Å². The van der Waals surface area contributed by atoms with Gasteiger partial charge in [0, 0.05) is 19.1 Å². The summed E-state index contributed by atoms with van der Waals surface area (Å²) in [5.41, 5.74) is 0. The van der Waals surface area contributed by atoms with Gasteiger partial charge in [-0.3, -0.25) is 4.79 Å². The Morgan fingerprint density at radius 2 is 2.35 bits per heavy atom. The number of rotatable bonds is 7. The van der Waals surface area contributed by atoms with E-state index in [9.17, 15) is 4.79 Å². The molecule has 17 heavy (non-hydrogen) atoms. The van der Waals surface area contributed by atoms with E-state index in [1.165, 1.54) is 32.4 Å². The van der Waals surface area contributed by atoms with Crippen LogP contribution in [0.5, 0.6) is 0 Å². The molecule has 1 aliphatic rings. The van der Waals surface area contributed by atoms with E-state index < -0.39 is 5.97 Å². The van der Waals surface area contributed by atoms with E-state index in [4.69, 9.17) is 5.11 Å². The van der Waals surface area contributed by atoms with Gasteiger partial charge in [0.1, 0.15) is 0 Å². The largest absolute Gasteiger partial charge is 0.481 e. The van der Waals surface area contributed by atoms with Crippen molar-refractivity contribution in [1.29, 1.82) is 0 Å². The first-order valence-electron chi connectivity index (χ1n) is 6.81. The van der Waals surface area contributed by atoms with Crippen LogP contribution in [0.15, 0.2) is 0 Å². The number of aliphatic carboxylic acids is 1. The minimum atomic E-state index is -0.721. The molecule has 1 saturated heterocycles. The van der Waals surface area contributed by atoms with Gasteiger partial charge in [-0.05, 0) is 45.2 Å². The second-order valence-electron chi connectivity index (χ2n) is 5.09. The van der Waals surface area contributed by atoms with Crippen molar-refractivity contribution in [2.75, 3.05) is 26.2 Å². The number of carboxylic acid groups (broad SMARTS) is 1. The SMILES string of the molecule is CCCN1CCCC(C(C)NCCC(=O)O)C1. The monoisotopic (exact) mass is 242 g/mol. The standard InChI is InChI=1S/C13H26N2O2/c1-3-8-15-9-4-5-12(10-15)11(2)14-7-6-13(16)17/h11-12,14H,3-10H2,1-2H3,(H,16,17). The first kappa shape index (κ1) is 14.5. The highest BCUT2D eigenvalue weighted by Gasteiger charge is 2.23. The molecule has 0 spiro atoms. The van der Waals surface area contributed by atoms with Crippen LogP contribution in [0, 0.1) is 5.92 Å². The first-order chi connectivity index (χ1) is 8.13. The molecule has 1 heterocycles. The van der Waals surface area contributed by atoms with Crippen molar-refractivity contribution < 1.29 is 9.90 Å². The Morgan fingerprint density at radius 3 is 3.00 bits per heavy atom. The molecule has 0 aromatic carbocycles. The highest BCUT2D eigenvalue weighted by Crippen LogP contribution is 2.19. The molecule has 2 unspecified atom stereocenters. The molecule has 1 rings (SSSR count). The molecule has 0 aromatic heterocycles. The molecule has 0 aromatic rings. The Kier molecular flexibility index (Phi) is 6.52. The highest BCUT2D eigenvalue weighted by atomic mass is 16.4. The maximum atomic E-state index is 10.4. The molecule has 1 fully saturated rings. The molecule has 0 saturated carbocycles. The molecule has 1 aliphatic heterocycles. The maximum Gasteiger partial charge on any atom is 0.304 e. The topological polar surface area (TPSA) is 52.6 Å². The van der Waals surface area contributed by atoms with Crippen LogP contribution >= 0.6 is 0 Å². The van der Waals surface area contributed by atoms with E-state index in [0.717, 1.165) is 6.54 Å².